The quantitative estimate of drug-likeness (QED) is 0.923. The van der Waals surface area contributed by atoms with Crippen molar-refractivity contribution in [3.63, 3.8) is 0 Å². The van der Waals surface area contributed by atoms with Gasteiger partial charge < -0.3 is 14.4 Å². The van der Waals surface area contributed by atoms with Crippen molar-refractivity contribution in [2.45, 2.75) is 6.61 Å². The van der Waals surface area contributed by atoms with Crippen LogP contribution in [0.15, 0.2) is 30.5 Å². The summed E-state index contributed by atoms with van der Waals surface area (Å²) in [4.78, 5) is 14.8. The third-order valence-electron chi connectivity index (χ3n) is 2.33. The van der Waals surface area contributed by atoms with Crippen molar-refractivity contribution < 1.29 is 14.6 Å². The van der Waals surface area contributed by atoms with Crippen LogP contribution in [0.3, 0.4) is 0 Å². The number of carboxylic acids is 1. The third kappa shape index (κ3) is 2.62. The number of para-hydroxylation sites is 1. The lowest BCUT2D eigenvalue weighted by Gasteiger charge is -2.05. The number of hydrogen-bond acceptors (Lipinski definition) is 3. The maximum Gasteiger partial charge on any atom is 0.372 e. The summed E-state index contributed by atoms with van der Waals surface area (Å²) in [7, 11) is 1.62. The standard InChI is InChI=1S/C12H11ClN2O3/c1-15-6-8(14-11(15)12(16)17)7-18-10-5-3-2-4-9(10)13/h2-6H,7H2,1H3,(H,16,17). The molecule has 6 heteroatoms. The highest BCUT2D eigenvalue weighted by molar-refractivity contribution is 6.32. The minimum Gasteiger partial charge on any atom is -0.486 e. The maximum atomic E-state index is 10.8. The van der Waals surface area contributed by atoms with Crippen LogP contribution in [0.5, 0.6) is 5.75 Å². The van der Waals surface area contributed by atoms with E-state index in [1.807, 2.05) is 6.07 Å². The van der Waals surface area contributed by atoms with Crippen molar-refractivity contribution in [2.24, 2.45) is 7.05 Å². The van der Waals surface area contributed by atoms with Crippen LogP contribution in [0.4, 0.5) is 0 Å². The normalized spacial score (nSPS) is 10.3. The van der Waals surface area contributed by atoms with Gasteiger partial charge >= 0.3 is 5.97 Å². The van der Waals surface area contributed by atoms with E-state index in [1.165, 1.54) is 4.57 Å². The molecule has 2 aromatic rings. The van der Waals surface area contributed by atoms with Crippen molar-refractivity contribution in [3.05, 3.63) is 47.0 Å². The number of halogens is 1. The van der Waals surface area contributed by atoms with Crippen LogP contribution in [0.2, 0.25) is 5.02 Å². The number of aromatic nitrogens is 2. The van der Waals surface area contributed by atoms with Crippen LogP contribution in [-0.4, -0.2) is 20.6 Å². The lowest BCUT2D eigenvalue weighted by atomic mass is 10.3. The van der Waals surface area contributed by atoms with Crippen LogP contribution in [0.25, 0.3) is 0 Å². The lowest BCUT2D eigenvalue weighted by molar-refractivity contribution is 0.0679. The fourth-order valence-corrected chi connectivity index (χ4v) is 1.70. The maximum absolute atomic E-state index is 10.8. The molecule has 1 heterocycles. The van der Waals surface area contributed by atoms with Gasteiger partial charge in [-0.3, -0.25) is 0 Å². The molecule has 0 radical (unpaired) electrons. The Bertz CT molecular complexity index is 580. The highest BCUT2D eigenvalue weighted by Crippen LogP contribution is 2.23. The molecule has 0 aliphatic heterocycles. The molecule has 5 nitrogen and oxygen atoms in total. The number of benzene rings is 1. The smallest absolute Gasteiger partial charge is 0.372 e. The van der Waals surface area contributed by atoms with Gasteiger partial charge in [0.1, 0.15) is 12.4 Å². The van der Waals surface area contributed by atoms with Gasteiger partial charge in [0.15, 0.2) is 0 Å². The monoisotopic (exact) mass is 266 g/mol. The van der Waals surface area contributed by atoms with Gasteiger partial charge in [-0.1, -0.05) is 23.7 Å². The van der Waals surface area contributed by atoms with E-state index in [-0.39, 0.29) is 12.4 Å². The summed E-state index contributed by atoms with van der Waals surface area (Å²) in [6.45, 7) is 0.171. The van der Waals surface area contributed by atoms with Crippen molar-refractivity contribution >= 4 is 17.6 Å². The summed E-state index contributed by atoms with van der Waals surface area (Å²) in [6.07, 6.45) is 1.61. The molecule has 0 fully saturated rings. The average Bonchev–Trinajstić information content (AvgIpc) is 2.70. The zero-order valence-electron chi connectivity index (χ0n) is 9.63. The molecule has 1 N–H and O–H groups in total. The Balaban J connectivity index is 2.09. The Hall–Kier alpha value is -2.01. The summed E-state index contributed by atoms with van der Waals surface area (Å²) < 4.78 is 6.91. The molecule has 94 valence electrons. The van der Waals surface area contributed by atoms with Gasteiger partial charge in [-0.25, -0.2) is 9.78 Å². The first-order valence-electron chi connectivity index (χ1n) is 5.21. The van der Waals surface area contributed by atoms with Crippen molar-refractivity contribution in [3.8, 4) is 5.75 Å². The number of aryl methyl sites for hydroxylation is 1. The SMILES string of the molecule is Cn1cc(COc2ccccc2Cl)nc1C(=O)O. The molecule has 0 saturated carbocycles. The Morgan fingerprint density at radius 3 is 2.83 bits per heavy atom. The van der Waals surface area contributed by atoms with Gasteiger partial charge in [0.25, 0.3) is 0 Å². The van der Waals surface area contributed by atoms with Crippen LogP contribution in [0.1, 0.15) is 16.3 Å². The zero-order valence-corrected chi connectivity index (χ0v) is 10.4. The first-order chi connectivity index (χ1) is 8.58. The second kappa shape index (κ2) is 5.10. The highest BCUT2D eigenvalue weighted by atomic mass is 35.5. The number of nitrogens with zero attached hydrogens (tertiary/aromatic N) is 2. The van der Waals surface area contributed by atoms with E-state index in [9.17, 15) is 4.79 Å². The van der Waals surface area contributed by atoms with Gasteiger partial charge in [-0.2, -0.15) is 0 Å². The molecule has 0 aliphatic rings. The summed E-state index contributed by atoms with van der Waals surface area (Å²) in [6, 6.07) is 7.07. The summed E-state index contributed by atoms with van der Waals surface area (Å²) >= 11 is 5.93. The van der Waals surface area contributed by atoms with E-state index >= 15 is 0 Å². The van der Waals surface area contributed by atoms with Crippen molar-refractivity contribution in [1.29, 1.82) is 0 Å². The number of aromatic carboxylic acids is 1. The molecule has 0 bridgehead atoms. The predicted molar refractivity (Wildman–Crippen MR) is 66.0 cm³/mol. The summed E-state index contributed by atoms with van der Waals surface area (Å²) in [5, 5.41) is 9.37. The van der Waals surface area contributed by atoms with Gasteiger partial charge in [0, 0.05) is 13.2 Å². The van der Waals surface area contributed by atoms with Crippen LogP contribution in [0, 0.1) is 0 Å². The Kier molecular flexibility index (Phi) is 3.53. The number of ether oxygens (including phenoxy) is 1. The summed E-state index contributed by atoms with van der Waals surface area (Å²) in [5.74, 6) is -0.545. The first-order valence-corrected chi connectivity index (χ1v) is 5.58. The number of imidazole rings is 1. The molecular formula is C12H11ClN2O3. The molecule has 0 spiro atoms. The minimum absolute atomic E-state index is 0.0206. The van der Waals surface area contributed by atoms with E-state index in [1.54, 1.807) is 31.4 Å². The molecule has 0 saturated heterocycles. The second-order valence-corrected chi connectivity index (χ2v) is 4.10. The fourth-order valence-electron chi connectivity index (χ4n) is 1.51. The van der Waals surface area contributed by atoms with Gasteiger partial charge in [0.05, 0.1) is 10.7 Å². The highest BCUT2D eigenvalue weighted by Gasteiger charge is 2.12. The minimum atomic E-state index is -1.07. The molecule has 1 aromatic carbocycles. The summed E-state index contributed by atoms with van der Waals surface area (Å²) in [5.41, 5.74) is 0.537. The lowest BCUT2D eigenvalue weighted by Crippen LogP contribution is -2.05. The van der Waals surface area contributed by atoms with E-state index in [0.29, 0.717) is 16.5 Å². The Labute approximate surface area is 109 Å². The molecule has 0 atom stereocenters. The topological polar surface area (TPSA) is 64.4 Å². The Morgan fingerprint density at radius 2 is 2.22 bits per heavy atom. The van der Waals surface area contributed by atoms with E-state index in [2.05, 4.69) is 4.98 Å². The third-order valence-corrected chi connectivity index (χ3v) is 2.64. The largest absolute Gasteiger partial charge is 0.486 e. The average molecular weight is 267 g/mol. The predicted octanol–water partition coefficient (Wildman–Crippen LogP) is 2.35. The molecule has 0 amide bonds. The van der Waals surface area contributed by atoms with Crippen molar-refractivity contribution in [2.75, 3.05) is 0 Å². The number of carboxylic acid groups (broad SMARTS) is 1. The zero-order chi connectivity index (χ0) is 13.1. The molecule has 0 unspecified atom stereocenters. The van der Waals surface area contributed by atoms with Gasteiger partial charge in [-0.15, -0.1) is 0 Å². The van der Waals surface area contributed by atoms with Gasteiger partial charge in [-0.05, 0) is 12.1 Å². The molecule has 0 aliphatic carbocycles. The van der Waals surface area contributed by atoms with Crippen LogP contribution < -0.4 is 4.74 Å². The molecular weight excluding hydrogens is 256 g/mol. The Morgan fingerprint density at radius 1 is 1.50 bits per heavy atom. The number of carbonyl (C=O) groups is 1. The second-order valence-electron chi connectivity index (χ2n) is 3.69. The van der Waals surface area contributed by atoms with Crippen LogP contribution >= 0.6 is 11.6 Å². The van der Waals surface area contributed by atoms with E-state index < -0.39 is 5.97 Å². The van der Waals surface area contributed by atoms with E-state index in [4.69, 9.17) is 21.4 Å². The molecule has 18 heavy (non-hydrogen) atoms. The number of hydrogen-bond donors (Lipinski definition) is 1. The fraction of sp³-hybridized carbons (Fsp3) is 0.167. The van der Waals surface area contributed by atoms with E-state index in [0.717, 1.165) is 0 Å². The molecule has 2 rings (SSSR count). The number of rotatable bonds is 4. The molecule has 1 aromatic heterocycles. The van der Waals surface area contributed by atoms with Gasteiger partial charge in [0.2, 0.25) is 5.82 Å². The van der Waals surface area contributed by atoms with Crippen LogP contribution in [-0.2, 0) is 13.7 Å². The van der Waals surface area contributed by atoms with Crippen molar-refractivity contribution in [1.82, 2.24) is 9.55 Å². The first kappa shape index (κ1) is 12.4.